The molecule has 7 heteroatoms. The Morgan fingerprint density at radius 2 is 1.55 bits per heavy atom. The van der Waals surface area contributed by atoms with E-state index < -0.39 is 6.29 Å². The van der Waals surface area contributed by atoms with Crippen molar-refractivity contribution in [1.82, 2.24) is 15.4 Å². The number of fused-ring (bicyclic) bond motifs is 1. The van der Waals surface area contributed by atoms with Crippen molar-refractivity contribution in [3.05, 3.63) is 48.7 Å². The summed E-state index contributed by atoms with van der Waals surface area (Å²) in [5.74, 6) is 0.0658. The zero-order valence-electron chi connectivity index (χ0n) is 11.1. The van der Waals surface area contributed by atoms with Crippen molar-refractivity contribution in [3.8, 4) is 33.9 Å². The Morgan fingerprint density at radius 1 is 0.864 bits per heavy atom. The van der Waals surface area contributed by atoms with E-state index in [2.05, 4.69) is 24.9 Å². The maximum atomic E-state index is 13.0. The molecule has 0 amide bonds. The van der Waals surface area contributed by atoms with Gasteiger partial charge in [-0.1, -0.05) is 35.5 Å². The lowest BCUT2D eigenvalue weighted by Crippen LogP contribution is -2.25. The van der Waals surface area contributed by atoms with Crippen LogP contribution in [0.3, 0.4) is 0 Å². The third kappa shape index (κ3) is 2.16. The minimum atomic E-state index is -3.60. The predicted octanol–water partition coefficient (Wildman–Crippen LogP) is 3.46. The number of benzene rings is 2. The molecule has 0 bridgehead atoms. The molecular weight excluding hydrogens is 292 g/mol. The molecule has 0 unspecified atom stereocenters. The van der Waals surface area contributed by atoms with E-state index in [9.17, 15) is 8.78 Å². The summed E-state index contributed by atoms with van der Waals surface area (Å²) >= 11 is 0. The number of ether oxygens (including phenoxy) is 2. The zero-order valence-corrected chi connectivity index (χ0v) is 11.1. The standard InChI is InChI=1S/C15H9F2N3O2/c16-15(17)21-13-6-5-11(7-14(13)22-15)9-1-3-10(4-2-9)12-8-18-20-19-12/h1-8H,(H,18,19,20). The van der Waals surface area contributed by atoms with E-state index in [-0.39, 0.29) is 11.5 Å². The lowest BCUT2D eigenvalue weighted by Gasteiger charge is -2.05. The molecular formula is C15H9F2N3O2. The molecule has 4 rings (SSSR count). The van der Waals surface area contributed by atoms with Crippen molar-refractivity contribution in [2.24, 2.45) is 0 Å². The molecule has 1 aromatic heterocycles. The first-order valence-electron chi connectivity index (χ1n) is 6.48. The van der Waals surface area contributed by atoms with Gasteiger partial charge in [0, 0.05) is 11.8 Å². The highest BCUT2D eigenvalue weighted by molar-refractivity contribution is 5.70. The first-order valence-corrected chi connectivity index (χ1v) is 6.48. The largest absolute Gasteiger partial charge is 0.586 e. The topological polar surface area (TPSA) is 60.0 Å². The summed E-state index contributed by atoms with van der Waals surface area (Å²) < 4.78 is 34.9. The number of hydrogen-bond acceptors (Lipinski definition) is 4. The molecule has 0 fully saturated rings. The molecule has 0 saturated carbocycles. The number of nitrogens with one attached hydrogen (secondary N) is 1. The molecule has 0 atom stereocenters. The normalized spacial score (nSPS) is 15.0. The highest BCUT2D eigenvalue weighted by Crippen LogP contribution is 2.42. The van der Waals surface area contributed by atoms with E-state index in [4.69, 9.17) is 0 Å². The molecule has 2 aromatic carbocycles. The van der Waals surface area contributed by atoms with Gasteiger partial charge in [0.15, 0.2) is 11.5 Å². The third-order valence-electron chi connectivity index (χ3n) is 3.33. The number of rotatable bonds is 2. The smallest absolute Gasteiger partial charge is 0.395 e. The summed E-state index contributed by atoms with van der Waals surface area (Å²) in [4.78, 5) is 0. The van der Waals surface area contributed by atoms with Crippen LogP contribution in [-0.2, 0) is 0 Å². The van der Waals surface area contributed by atoms with Gasteiger partial charge in [0.05, 0.1) is 0 Å². The van der Waals surface area contributed by atoms with Gasteiger partial charge >= 0.3 is 6.29 Å². The second-order valence-electron chi connectivity index (χ2n) is 4.77. The number of nitrogens with zero attached hydrogens (tertiary/aromatic N) is 2. The molecule has 22 heavy (non-hydrogen) atoms. The van der Waals surface area contributed by atoms with Gasteiger partial charge in [-0.2, -0.15) is 0 Å². The average Bonchev–Trinajstić information content (AvgIpc) is 3.12. The maximum absolute atomic E-state index is 13.0. The number of H-pyrrole nitrogens is 1. The zero-order chi connectivity index (χ0) is 15.2. The van der Waals surface area contributed by atoms with Gasteiger partial charge in [0.1, 0.15) is 5.69 Å². The lowest BCUT2D eigenvalue weighted by atomic mass is 10.0. The van der Waals surface area contributed by atoms with Crippen LogP contribution in [0.2, 0.25) is 0 Å². The summed E-state index contributed by atoms with van der Waals surface area (Å²) in [6.07, 6.45) is -1.91. The monoisotopic (exact) mass is 301 g/mol. The molecule has 0 saturated heterocycles. The minimum absolute atomic E-state index is 0.0306. The van der Waals surface area contributed by atoms with Gasteiger partial charge in [0.25, 0.3) is 0 Å². The number of alkyl halides is 2. The van der Waals surface area contributed by atoms with E-state index in [1.54, 1.807) is 12.3 Å². The maximum Gasteiger partial charge on any atom is 0.586 e. The SMILES string of the molecule is FC1(F)Oc2ccc(-c3ccc(-c4c[nH]nn4)cc3)cc2O1. The Balaban J connectivity index is 1.66. The quantitative estimate of drug-likeness (QED) is 0.787. The van der Waals surface area contributed by atoms with Gasteiger partial charge in [-0.15, -0.1) is 13.9 Å². The van der Waals surface area contributed by atoms with Crippen LogP contribution >= 0.6 is 0 Å². The van der Waals surface area contributed by atoms with Crippen molar-refractivity contribution in [3.63, 3.8) is 0 Å². The molecule has 1 N–H and O–H groups in total. The fourth-order valence-electron chi connectivity index (χ4n) is 2.30. The van der Waals surface area contributed by atoms with Gasteiger partial charge in [-0.25, -0.2) is 0 Å². The molecule has 2 heterocycles. The van der Waals surface area contributed by atoms with Crippen LogP contribution in [0.15, 0.2) is 48.7 Å². The van der Waals surface area contributed by atoms with Crippen LogP contribution in [-0.4, -0.2) is 21.7 Å². The summed E-state index contributed by atoms with van der Waals surface area (Å²) in [5.41, 5.74) is 3.27. The van der Waals surface area contributed by atoms with E-state index in [1.807, 2.05) is 24.3 Å². The summed E-state index contributed by atoms with van der Waals surface area (Å²) in [5, 5.41) is 10.2. The molecule has 3 aromatic rings. The summed E-state index contributed by atoms with van der Waals surface area (Å²) in [7, 11) is 0. The van der Waals surface area contributed by atoms with Gasteiger partial charge < -0.3 is 9.47 Å². The first kappa shape index (κ1) is 12.8. The Labute approximate surface area is 123 Å². The number of aromatic nitrogens is 3. The van der Waals surface area contributed by atoms with E-state index in [0.717, 1.165) is 22.4 Å². The van der Waals surface area contributed by atoms with Crippen LogP contribution in [0.4, 0.5) is 8.78 Å². The van der Waals surface area contributed by atoms with Crippen LogP contribution in [0.25, 0.3) is 22.4 Å². The average molecular weight is 301 g/mol. The van der Waals surface area contributed by atoms with Crippen molar-refractivity contribution in [1.29, 1.82) is 0 Å². The second kappa shape index (κ2) is 4.52. The molecule has 110 valence electrons. The molecule has 1 aliphatic rings. The Hall–Kier alpha value is -2.96. The van der Waals surface area contributed by atoms with Gasteiger partial charge in [-0.05, 0) is 23.3 Å². The number of halogens is 2. The van der Waals surface area contributed by atoms with Crippen LogP contribution in [0.1, 0.15) is 0 Å². The Kier molecular flexibility index (Phi) is 2.62. The van der Waals surface area contributed by atoms with Crippen LogP contribution in [0, 0.1) is 0 Å². The van der Waals surface area contributed by atoms with E-state index >= 15 is 0 Å². The van der Waals surface area contributed by atoms with Crippen LogP contribution in [0.5, 0.6) is 11.5 Å². The molecule has 1 aliphatic heterocycles. The van der Waals surface area contributed by atoms with Crippen molar-refractivity contribution < 1.29 is 18.3 Å². The predicted molar refractivity (Wildman–Crippen MR) is 73.5 cm³/mol. The second-order valence-corrected chi connectivity index (χ2v) is 4.77. The highest BCUT2D eigenvalue weighted by Gasteiger charge is 2.43. The van der Waals surface area contributed by atoms with Crippen molar-refractivity contribution in [2.75, 3.05) is 0 Å². The molecule has 0 radical (unpaired) electrons. The fraction of sp³-hybridized carbons (Fsp3) is 0.0667. The van der Waals surface area contributed by atoms with Gasteiger partial charge in [-0.3, -0.25) is 5.10 Å². The van der Waals surface area contributed by atoms with E-state index in [0.29, 0.717) is 0 Å². The molecule has 5 nitrogen and oxygen atoms in total. The Bertz CT molecular complexity index is 817. The molecule has 0 aliphatic carbocycles. The lowest BCUT2D eigenvalue weighted by molar-refractivity contribution is -0.286. The molecule has 0 spiro atoms. The highest BCUT2D eigenvalue weighted by atomic mass is 19.3. The fourth-order valence-corrected chi connectivity index (χ4v) is 2.30. The van der Waals surface area contributed by atoms with Crippen molar-refractivity contribution in [2.45, 2.75) is 6.29 Å². The number of aromatic amines is 1. The first-order chi connectivity index (χ1) is 10.6. The van der Waals surface area contributed by atoms with E-state index in [1.165, 1.54) is 12.1 Å². The van der Waals surface area contributed by atoms with Gasteiger partial charge in [0.2, 0.25) is 0 Å². The Morgan fingerprint density at radius 3 is 2.27 bits per heavy atom. The minimum Gasteiger partial charge on any atom is -0.395 e. The van der Waals surface area contributed by atoms with Crippen LogP contribution < -0.4 is 9.47 Å². The number of hydrogen-bond donors (Lipinski definition) is 1. The third-order valence-corrected chi connectivity index (χ3v) is 3.33. The van der Waals surface area contributed by atoms with Crippen molar-refractivity contribution >= 4 is 0 Å². The summed E-state index contributed by atoms with van der Waals surface area (Å²) in [6.45, 7) is 0. The summed E-state index contributed by atoms with van der Waals surface area (Å²) in [6, 6.07) is 12.2.